The first-order chi connectivity index (χ1) is 50.7. The minimum absolute atomic E-state index is 0.00954. The summed E-state index contributed by atoms with van der Waals surface area (Å²) in [5.74, 6) is 1.49. The van der Waals surface area contributed by atoms with Crippen LogP contribution >= 0.6 is 0 Å². The highest BCUT2D eigenvalue weighted by molar-refractivity contribution is 5.86. The summed E-state index contributed by atoms with van der Waals surface area (Å²) >= 11 is 0. The minimum atomic E-state index is -5.08. The average Bonchev–Trinajstić information content (AvgIpc) is 0.843. The molecule has 1 aromatic rings. The van der Waals surface area contributed by atoms with E-state index in [1.165, 1.54) is 94.6 Å². The van der Waals surface area contributed by atoms with Crippen molar-refractivity contribution in [2.75, 3.05) is 58.9 Å². The summed E-state index contributed by atoms with van der Waals surface area (Å²) in [6.07, 6.45) is 23.5. The van der Waals surface area contributed by atoms with Gasteiger partial charge in [0.1, 0.15) is 36.3 Å². The van der Waals surface area contributed by atoms with Crippen molar-refractivity contribution in [1.82, 2.24) is 56.0 Å². The molecule has 9 aliphatic heterocycles. The van der Waals surface area contributed by atoms with Gasteiger partial charge >= 0.3 is 12.1 Å². The SMILES string of the molecule is CC(C)(C)NCC(=O)N1CC[C@H]1C#N.N#C[C@@H]1CCCN1C(=O)[C@@H]1Cc2ccccc2CN1.N#C[C@@H]1CCN1C(=O)C1CCCN1.N#C[C@@H]1CCN1C(=O)CNC12CC3CC(CC(C3)C1)C2.N#C[C@@H]1CCN1C(=O)[C@@H]1CC2CCCCC2N1.N#C[C@@H]1CCN1C(=O)[C@H](N)C1CCCCC1.O=C(O)C(F)(F)F. The highest BCUT2D eigenvalue weighted by atomic mass is 19.4. The molecular weight excluding hydrogens is 1360 g/mol. The summed E-state index contributed by atoms with van der Waals surface area (Å²) in [6, 6.07) is 20.1. The van der Waals surface area contributed by atoms with Crippen LogP contribution in [-0.4, -0.2) is 219 Å². The summed E-state index contributed by atoms with van der Waals surface area (Å²) in [6.45, 7) is 12.9. The lowest BCUT2D eigenvalue weighted by Gasteiger charge is -2.57. The fraction of sp³-hybridized carbons (Fsp3) is 0.753. The first-order valence-electron chi connectivity index (χ1n) is 38.7. The zero-order chi connectivity index (χ0) is 76.5. The largest absolute Gasteiger partial charge is 0.490 e. The number of fused-ring (bicyclic) bond motifs is 2. The van der Waals surface area contributed by atoms with Gasteiger partial charge in [-0.1, -0.05) is 56.4 Å². The maximum absolute atomic E-state index is 12.5. The van der Waals surface area contributed by atoms with E-state index in [0.717, 1.165) is 147 Å². The van der Waals surface area contributed by atoms with Crippen LogP contribution in [0.15, 0.2) is 24.3 Å². The van der Waals surface area contributed by atoms with E-state index >= 15 is 0 Å². The van der Waals surface area contributed by atoms with Crippen molar-refractivity contribution in [3.63, 3.8) is 0 Å². The molecule has 4 bridgehead atoms. The number of carboxylic acid groups (broad SMARTS) is 1. The van der Waals surface area contributed by atoms with Gasteiger partial charge in [-0.25, -0.2) is 4.79 Å². The number of aliphatic carboxylic acids is 1. The quantitative estimate of drug-likeness (QED) is 0.143. The van der Waals surface area contributed by atoms with Crippen molar-refractivity contribution in [1.29, 1.82) is 31.6 Å². The van der Waals surface area contributed by atoms with E-state index in [4.69, 9.17) is 47.2 Å². The highest BCUT2D eigenvalue weighted by Crippen LogP contribution is 2.55. The van der Waals surface area contributed by atoms with Crippen LogP contribution in [0.1, 0.15) is 192 Å². The van der Waals surface area contributed by atoms with Crippen LogP contribution in [0.25, 0.3) is 0 Å². The van der Waals surface area contributed by atoms with Gasteiger partial charge in [0.15, 0.2) is 0 Å². The molecule has 12 atom stereocenters. The molecule has 0 aromatic heterocycles. The number of hydrogen-bond acceptors (Lipinski definition) is 19. The lowest BCUT2D eigenvalue weighted by molar-refractivity contribution is -0.192. The van der Waals surface area contributed by atoms with Gasteiger partial charge in [0.2, 0.25) is 35.4 Å². The number of alkyl halides is 3. The number of halogens is 3. The van der Waals surface area contributed by atoms with E-state index in [1.807, 2.05) is 32.9 Å². The van der Waals surface area contributed by atoms with E-state index in [1.54, 1.807) is 29.4 Å². The standard InChI is InChI=1S/C16H23N3O.C15H17N3O.C13H19N3O.C12H19N3O.C10H17N3O.C9H13N3O.C2HF3O2/c17-9-14-1-2-19(14)15(20)10-18-16-6-11-3-12(7-16)5-13(4-11)8-16;16-9-13-6-3-7-18(13)15(19)14-8-11-4-1-2-5-12(11)10-17-14;14-8-10-5-6-16(10)13(17)12-7-9-3-1-2-4-11(9)15-12;13-8-10-6-7-15(10)12(16)11(14)9-4-2-1-3-5-9;1-10(2,3)12-7-9(14)13-5-4-8(13)6-11;10-6-7-3-5-12(7)9(13)8-2-1-4-11-8;3-2(4,5)1(6)7/h11-14,18H,1-8,10H2;1-2,4-5,13-14,17H,3,6-8,10H2;9-12,15H,1-7H2;9-11H,1-7,14H2;8,12H,4-5,7H2,1-3H3;7-8,11H,1-5H2;(H,6,7)/t11?,12?,13?,14-,16?;13-,14-;9?,10-,11?,12-;10-,11+;8-;7-,8?;/m000000./s1. The number of likely N-dealkylation sites (tertiary alicyclic amines) is 6. The Labute approximate surface area is 622 Å². The zero-order valence-corrected chi connectivity index (χ0v) is 61.9. The van der Waals surface area contributed by atoms with Gasteiger partial charge in [-0.05, 0) is 203 Å². The van der Waals surface area contributed by atoms with E-state index in [-0.39, 0.29) is 107 Å². The number of nitrogens with zero attached hydrogens (tertiary/aromatic N) is 12. The number of carboxylic acids is 1. The number of hydrogen-bond donors (Lipinski definition) is 7. The number of nitriles is 6. The first kappa shape index (κ1) is 82.1. The molecule has 15 aliphatic rings. The molecule has 9 heterocycles. The molecule has 576 valence electrons. The van der Waals surface area contributed by atoms with Crippen molar-refractivity contribution in [2.45, 2.75) is 278 Å². The normalized spacial score (nSPS) is 31.3. The van der Waals surface area contributed by atoms with Gasteiger partial charge in [0, 0.05) is 62.9 Å². The summed E-state index contributed by atoms with van der Waals surface area (Å²) in [5, 5.41) is 76.9. The maximum atomic E-state index is 12.5. The number of amides is 6. The molecule has 0 spiro atoms. The topological polar surface area (TPSA) is 388 Å². The number of carbonyl (C=O) groups excluding carboxylic acids is 6. The highest BCUT2D eigenvalue weighted by Gasteiger charge is 2.52. The Morgan fingerprint density at radius 3 is 1.46 bits per heavy atom. The fourth-order valence-electron chi connectivity index (χ4n) is 17.8. The van der Waals surface area contributed by atoms with Gasteiger partial charge in [-0.3, -0.25) is 28.8 Å². The van der Waals surface area contributed by atoms with Crippen LogP contribution in [-0.2, 0) is 46.5 Å². The molecule has 1 aromatic carbocycles. The Bertz CT molecular complexity index is 3450. The zero-order valence-electron chi connectivity index (χ0n) is 61.9. The van der Waals surface area contributed by atoms with Crippen LogP contribution < -0.4 is 32.3 Å². The second-order valence-electron chi connectivity index (χ2n) is 32.3. The number of benzene rings is 1. The Morgan fingerprint density at radius 1 is 0.538 bits per heavy atom. The second-order valence-corrected chi connectivity index (χ2v) is 32.3. The molecule has 29 heteroatoms. The molecule has 26 nitrogen and oxygen atoms in total. The van der Waals surface area contributed by atoms with E-state index in [2.05, 4.69) is 75.1 Å². The molecule has 6 aliphatic carbocycles. The Kier molecular flexibility index (Phi) is 29.2. The molecule has 8 saturated heterocycles. The smallest absolute Gasteiger partial charge is 0.475 e. The van der Waals surface area contributed by atoms with Crippen molar-refractivity contribution in [3.8, 4) is 36.4 Å². The second kappa shape index (κ2) is 37.7. The minimum Gasteiger partial charge on any atom is -0.475 e. The van der Waals surface area contributed by atoms with Crippen LogP contribution in [0, 0.1) is 97.6 Å². The molecule has 106 heavy (non-hydrogen) atoms. The van der Waals surface area contributed by atoms with Gasteiger partial charge < -0.3 is 66.8 Å². The van der Waals surface area contributed by atoms with E-state index in [9.17, 15) is 41.9 Å². The lowest BCUT2D eigenvalue weighted by Crippen LogP contribution is -2.61. The van der Waals surface area contributed by atoms with Gasteiger partial charge in [-0.2, -0.15) is 44.7 Å². The third-order valence-corrected chi connectivity index (χ3v) is 24.0. The lowest BCUT2D eigenvalue weighted by atomic mass is 9.53. The van der Waals surface area contributed by atoms with Crippen molar-refractivity contribution < 1.29 is 51.8 Å². The molecule has 8 N–H and O–H groups in total. The Hall–Kier alpha value is -8.00. The summed E-state index contributed by atoms with van der Waals surface area (Å²) < 4.78 is 31.7. The number of carbonyl (C=O) groups is 7. The van der Waals surface area contributed by atoms with Crippen LogP contribution in [0.3, 0.4) is 0 Å². The predicted octanol–water partition coefficient (Wildman–Crippen LogP) is 5.93. The molecule has 6 amide bonds. The summed E-state index contributed by atoms with van der Waals surface area (Å²) in [4.78, 5) is 91.3. The van der Waals surface area contributed by atoms with Crippen molar-refractivity contribution in [2.24, 2.45) is 35.3 Å². The van der Waals surface area contributed by atoms with E-state index < -0.39 is 12.1 Å². The third kappa shape index (κ3) is 21.2. The van der Waals surface area contributed by atoms with Crippen LogP contribution in [0.4, 0.5) is 13.2 Å². The molecule has 16 rings (SSSR count). The monoisotopic (exact) mass is 1470 g/mol. The van der Waals surface area contributed by atoms with Crippen LogP contribution in [0.5, 0.6) is 0 Å². The maximum Gasteiger partial charge on any atom is 0.490 e. The fourth-order valence-corrected chi connectivity index (χ4v) is 17.8. The van der Waals surface area contributed by atoms with Gasteiger partial charge in [0.25, 0.3) is 0 Å². The molecular formula is C77H109F3N18O8. The Balaban J connectivity index is 0.000000145. The Morgan fingerprint density at radius 2 is 0.991 bits per heavy atom. The molecule has 3 unspecified atom stereocenters. The van der Waals surface area contributed by atoms with Crippen molar-refractivity contribution in [3.05, 3.63) is 35.4 Å². The van der Waals surface area contributed by atoms with Gasteiger partial charge in [0.05, 0.1) is 73.7 Å². The average molecular weight is 1470 g/mol. The number of nitrogens with one attached hydrogen (secondary N) is 5. The molecule has 14 fully saturated rings. The number of nitrogens with two attached hydrogens (primary N) is 1. The summed E-state index contributed by atoms with van der Waals surface area (Å²) in [7, 11) is 0. The van der Waals surface area contributed by atoms with Crippen molar-refractivity contribution >= 4 is 41.4 Å². The molecule has 0 radical (unpaired) electrons. The van der Waals surface area contributed by atoms with Crippen LogP contribution in [0.2, 0.25) is 0 Å². The first-order valence-corrected chi connectivity index (χ1v) is 38.7. The third-order valence-electron chi connectivity index (χ3n) is 24.0. The van der Waals surface area contributed by atoms with Gasteiger partial charge in [-0.15, -0.1) is 0 Å². The van der Waals surface area contributed by atoms with E-state index in [0.29, 0.717) is 37.5 Å². The summed E-state index contributed by atoms with van der Waals surface area (Å²) in [5.41, 5.74) is 8.72. The number of rotatable bonds is 10. The molecule has 6 saturated carbocycles. The predicted molar refractivity (Wildman–Crippen MR) is 383 cm³/mol.